The second kappa shape index (κ2) is 58.8. The van der Waals surface area contributed by atoms with Crippen LogP contribution in [0.3, 0.4) is 0 Å². The van der Waals surface area contributed by atoms with Gasteiger partial charge in [0.05, 0.1) is 26.4 Å². The van der Waals surface area contributed by atoms with Gasteiger partial charge in [0.25, 0.3) is 0 Å². The number of rotatable bonds is 66. The number of hydrogen-bond donors (Lipinski definition) is 3. The summed E-state index contributed by atoms with van der Waals surface area (Å²) in [5, 5.41) is 10.6. The zero-order chi connectivity index (χ0) is 65.4. The lowest BCUT2D eigenvalue weighted by atomic mass is 10.0. The molecule has 0 aromatic heterocycles. The van der Waals surface area contributed by atoms with Crippen LogP contribution >= 0.6 is 15.6 Å². The Balaban J connectivity index is 5.23. The van der Waals surface area contributed by atoms with Crippen molar-refractivity contribution in [3.05, 3.63) is 0 Å². The first-order chi connectivity index (χ1) is 42.1. The molecule has 5 atom stereocenters. The van der Waals surface area contributed by atoms with Crippen LogP contribution in [0.15, 0.2) is 0 Å². The van der Waals surface area contributed by atoms with Crippen molar-refractivity contribution in [2.24, 2.45) is 23.7 Å². The maximum Gasteiger partial charge on any atom is 0.472 e. The summed E-state index contributed by atoms with van der Waals surface area (Å²) in [6.07, 6.45) is 40.5. The minimum atomic E-state index is -4.95. The van der Waals surface area contributed by atoms with E-state index in [9.17, 15) is 43.2 Å². The Morgan fingerprint density at radius 1 is 0.284 bits per heavy atom. The Morgan fingerprint density at radius 3 is 0.705 bits per heavy atom. The molecule has 3 unspecified atom stereocenters. The first kappa shape index (κ1) is 86.1. The Bertz CT molecular complexity index is 1750. The van der Waals surface area contributed by atoms with Gasteiger partial charge in [0.15, 0.2) is 12.2 Å². The van der Waals surface area contributed by atoms with Gasteiger partial charge in [-0.2, -0.15) is 0 Å². The lowest BCUT2D eigenvalue weighted by molar-refractivity contribution is -0.161. The van der Waals surface area contributed by atoms with Crippen LogP contribution in [-0.4, -0.2) is 96.7 Å². The molecule has 0 rings (SSSR count). The summed E-state index contributed by atoms with van der Waals surface area (Å²) in [6, 6.07) is 0. The molecule has 0 aliphatic rings. The molecule has 0 saturated heterocycles. The summed E-state index contributed by atoms with van der Waals surface area (Å²) in [5.41, 5.74) is 0. The first-order valence-electron chi connectivity index (χ1n) is 35.7. The highest BCUT2D eigenvalue weighted by molar-refractivity contribution is 7.47. The van der Waals surface area contributed by atoms with E-state index in [1.54, 1.807) is 0 Å². The summed E-state index contributed by atoms with van der Waals surface area (Å²) in [5.74, 6) is 0.788. The van der Waals surface area contributed by atoms with Crippen molar-refractivity contribution in [2.75, 3.05) is 39.6 Å². The van der Waals surface area contributed by atoms with E-state index in [0.717, 1.165) is 108 Å². The van der Waals surface area contributed by atoms with Crippen molar-refractivity contribution in [3.63, 3.8) is 0 Å². The number of unbranched alkanes of at least 4 members (excludes halogenated alkanes) is 32. The van der Waals surface area contributed by atoms with Crippen molar-refractivity contribution in [1.29, 1.82) is 0 Å². The predicted molar refractivity (Wildman–Crippen MR) is 354 cm³/mol. The van der Waals surface area contributed by atoms with Gasteiger partial charge < -0.3 is 33.8 Å². The highest BCUT2D eigenvalue weighted by atomic mass is 31.2. The van der Waals surface area contributed by atoms with Crippen LogP contribution in [0.25, 0.3) is 0 Å². The Morgan fingerprint density at radius 2 is 0.477 bits per heavy atom. The second-order valence-electron chi connectivity index (χ2n) is 26.8. The summed E-state index contributed by atoms with van der Waals surface area (Å²) < 4.78 is 68.2. The van der Waals surface area contributed by atoms with E-state index >= 15 is 0 Å². The third-order valence-electron chi connectivity index (χ3n) is 15.8. The number of phosphoric ester groups is 2. The van der Waals surface area contributed by atoms with Gasteiger partial charge in [0, 0.05) is 25.7 Å². The summed E-state index contributed by atoms with van der Waals surface area (Å²) in [7, 11) is -9.90. The van der Waals surface area contributed by atoms with Crippen molar-refractivity contribution < 1.29 is 80.2 Å². The molecule has 19 heteroatoms. The SMILES string of the molecule is CC(C)CCCCCCCCCCCCCCCCC(=O)O[C@H](COC(=O)CCCCCCCCCCC(C)C)COP(=O)(O)OCC(O)COP(=O)(O)OC[C@@H](COC(=O)CCCCCCCCCC(C)C)OC(=O)CCCCCCCCCC(C)C. The molecular weight excluding hydrogens is 1160 g/mol. The number of carbonyl (C=O) groups is 4. The minimum Gasteiger partial charge on any atom is -0.462 e. The van der Waals surface area contributed by atoms with Gasteiger partial charge in [-0.25, -0.2) is 9.13 Å². The molecule has 0 aliphatic heterocycles. The number of carbonyl (C=O) groups excluding carboxylic acids is 4. The number of aliphatic hydroxyl groups excluding tert-OH is 1. The van der Waals surface area contributed by atoms with Crippen LogP contribution in [0.4, 0.5) is 0 Å². The van der Waals surface area contributed by atoms with E-state index in [0.29, 0.717) is 37.5 Å². The molecule has 3 N–H and O–H groups in total. The fraction of sp³-hybridized carbons (Fsp3) is 0.942. The molecule has 0 heterocycles. The molecule has 0 aromatic rings. The molecular formula is C69H134O17P2. The monoisotopic (exact) mass is 1300 g/mol. The summed E-state index contributed by atoms with van der Waals surface area (Å²) in [6.45, 7) is 14.0. The van der Waals surface area contributed by atoms with E-state index in [4.69, 9.17) is 37.0 Å². The molecule has 0 radical (unpaired) electrons. The normalized spacial score (nSPS) is 14.3. The average Bonchev–Trinajstić information content (AvgIpc) is 3.62. The Labute approximate surface area is 537 Å². The fourth-order valence-corrected chi connectivity index (χ4v) is 11.9. The number of aliphatic hydroxyl groups is 1. The fourth-order valence-electron chi connectivity index (χ4n) is 10.3. The first-order valence-corrected chi connectivity index (χ1v) is 38.7. The minimum absolute atomic E-state index is 0.102. The lowest BCUT2D eigenvalue weighted by Gasteiger charge is -2.21. The number of phosphoric acid groups is 2. The third kappa shape index (κ3) is 62.8. The summed E-state index contributed by atoms with van der Waals surface area (Å²) in [4.78, 5) is 72.4. The van der Waals surface area contributed by atoms with Gasteiger partial charge in [0.2, 0.25) is 0 Å². The molecule has 0 saturated carbocycles. The van der Waals surface area contributed by atoms with Crippen LogP contribution < -0.4 is 0 Å². The van der Waals surface area contributed by atoms with E-state index < -0.39 is 97.5 Å². The standard InChI is InChI=1S/C69H134O17P2/c1-59(2)45-37-29-21-15-13-11-9-10-12-14-16-26-35-43-51-68(73)85-64(55-79-66(71)49-41-33-25-18-17-22-30-38-46-60(3)4)57-83-87(75,76)81-53-63(70)54-82-88(77,78)84-58-65(86-69(74)52-44-36-28-20-24-32-40-48-62(7)8)56-80-67(72)50-42-34-27-19-23-31-39-47-61(5)6/h59-65,70H,9-58H2,1-8H3,(H,75,76)(H,77,78)/t63?,64-,65-/m1/s1. The van der Waals surface area contributed by atoms with Crippen molar-refractivity contribution >= 4 is 39.5 Å². The average molecular weight is 1300 g/mol. The van der Waals surface area contributed by atoms with Gasteiger partial charge in [-0.1, -0.05) is 287 Å². The van der Waals surface area contributed by atoms with Gasteiger partial charge in [-0.3, -0.25) is 37.3 Å². The molecule has 0 spiro atoms. The highest BCUT2D eigenvalue weighted by Gasteiger charge is 2.30. The van der Waals surface area contributed by atoms with Crippen LogP contribution in [-0.2, 0) is 65.4 Å². The molecule has 88 heavy (non-hydrogen) atoms. The molecule has 522 valence electrons. The van der Waals surface area contributed by atoms with E-state index in [2.05, 4.69) is 55.4 Å². The second-order valence-corrected chi connectivity index (χ2v) is 29.7. The quantitative estimate of drug-likeness (QED) is 0.0222. The van der Waals surface area contributed by atoms with Crippen LogP contribution in [0, 0.1) is 23.7 Å². The zero-order valence-electron chi connectivity index (χ0n) is 57.3. The molecule has 0 fully saturated rings. The molecule has 0 bridgehead atoms. The number of ether oxygens (including phenoxy) is 4. The number of hydrogen-bond acceptors (Lipinski definition) is 15. The lowest BCUT2D eigenvalue weighted by Crippen LogP contribution is -2.30. The maximum atomic E-state index is 13.0. The third-order valence-corrected chi connectivity index (χ3v) is 17.7. The molecule has 0 aliphatic carbocycles. The zero-order valence-corrected chi connectivity index (χ0v) is 59.1. The van der Waals surface area contributed by atoms with Crippen molar-refractivity contribution in [1.82, 2.24) is 0 Å². The van der Waals surface area contributed by atoms with Crippen LogP contribution in [0.5, 0.6) is 0 Å². The topological polar surface area (TPSA) is 237 Å². The van der Waals surface area contributed by atoms with E-state index in [-0.39, 0.29) is 25.7 Å². The predicted octanol–water partition coefficient (Wildman–Crippen LogP) is 19.3. The molecule has 0 amide bonds. The van der Waals surface area contributed by atoms with Gasteiger partial charge in [-0.15, -0.1) is 0 Å². The van der Waals surface area contributed by atoms with E-state index in [1.807, 2.05) is 0 Å². The summed E-state index contributed by atoms with van der Waals surface area (Å²) >= 11 is 0. The van der Waals surface area contributed by atoms with Crippen LogP contribution in [0.2, 0.25) is 0 Å². The van der Waals surface area contributed by atoms with Gasteiger partial charge in [-0.05, 0) is 49.4 Å². The largest absolute Gasteiger partial charge is 0.472 e. The molecule has 0 aromatic carbocycles. The van der Waals surface area contributed by atoms with Crippen molar-refractivity contribution in [2.45, 2.75) is 356 Å². The van der Waals surface area contributed by atoms with Gasteiger partial charge in [0.1, 0.15) is 19.3 Å². The molecule has 17 nitrogen and oxygen atoms in total. The Hall–Kier alpha value is -1.94. The number of esters is 4. The highest BCUT2D eigenvalue weighted by Crippen LogP contribution is 2.45. The maximum absolute atomic E-state index is 13.0. The smallest absolute Gasteiger partial charge is 0.462 e. The van der Waals surface area contributed by atoms with E-state index in [1.165, 1.54) is 135 Å². The van der Waals surface area contributed by atoms with Gasteiger partial charge >= 0.3 is 39.5 Å². The van der Waals surface area contributed by atoms with Crippen LogP contribution in [0.1, 0.15) is 338 Å². The Kier molecular flexibility index (Phi) is 57.6. The van der Waals surface area contributed by atoms with Crippen molar-refractivity contribution in [3.8, 4) is 0 Å².